The number of quaternary nitrogens is 1. The van der Waals surface area contributed by atoms with Crippen LogP contribution in [0.25, 0.3) is 6.08 Å². The first-order chi connectivity index (χ1) is 11.0. The van der Waals surface area contributed by atoms with Gasteiger partial charge in [-0.25, -0.2) is 0 Å². The van der Waals surface area contributed by atoms with Crippen LogP contribution in [0.15, 0.2) is 65.1 Å². The largest absolute Gasteiger partial charge is 0.340 e. The monoisotopic (exact) mass is 373 g/mol. The van der Waals surface area contributed by atoms with Crippen molar-refractivity contribution in [1.82, 2.24) is 5.32 Å². The molecule has 0 aliphatic carbocycles. The van der Waals surface area contributed by atoms with Gasteiger partial charge in [0.1, 0.15) is 12.6 Å². The molecule has 2 aromatic carbocycles. The molecule has 2 rings (SSSR count). The van der Waals surface area contributed by atoms with Crippen molar-refractivity contribution in [3.8, 4) is 0 Å². The van der Waals surface area contributed by atoms with Crippen molar-refractivity contribution in [2.75, 3.05) is 20.6 Å². The van der Waals surface area contributed by atoms with Crippen molar-refractivity contribution in [2.45, 2.75) is 6.04 Å². The van der Waals surface area contributed by atoms with Crippen LogP contribution in [0.3, 0.4) is 0 Å². The maximum absolute atomic E-state index is 12.2. The van der Waals surface area contributed by atoms with Crippen LogP contribution in [0.2, 0.25) is 0 Å². The minimum Gasteiger partial charge on any atom is -0.340 e. The van der Waals surface area contributed by atoms with Crippen molar-refractivity contribution in [2.24, 2.45) is 0 Å². The second-order valence-corrected chi connectivity index (χ2v) is 6.68. The topological polar surface area (TPSA) is 33.5 Å². The van der Waals surface area contributed by atoms with E-state index in [1.54, 1.807) is 6.08 Å². The minimum absolute atomic E-state index is 0.00303. The third kappa shape index (κ3) is 6.00. The molecule has 2 N–H and O–H groups in total. The second kappa shape index (κ2) is 8.65. The molecule has 120 valence electrons. The normalized spacial score (nSPS) is 12.5. The number of rotatable bonds is 6. The van der Waals surface area contributed by atoms with Gasteiger partial charge in [0, 0.05) is 10.5 Å². The molecule has 0 saturated carbocycles. The molecule has 0 aliphatic heterocycles. The predicted octanol–water partition coefficient (Wildman–Crippen LogP) is 2.46. The second-order valence-electron chi connectivity index (χ2n) is 5.77. The highest BCUT2D eigenvalue weighted by Gasteiger charge is 2.16. The van der Waals surface area contributed by atoms with Gasteiger partial charge in [-0.3, -0.25) is 4.79 Å². The van der Waals surface area contributed by atoms with E-state index < -0.39 is 0 Å². The van der Waals surface area contributed by atoms with Crippen LogP contribution in [0, 0.1) is 0 Å². The number of nitrogens with one attached hydrogen (secondary N) is 2. The van der Waals surface area contributed by atoms with Crippen LogP contribution in [0.4, 0.5) is 0 Å². The van der Waals surface area contributed by atoms with Crippen LogP contribution in [-0.2, 0) is 4.79 Å². The Kier molecular flexibility index (Phi) is 6.56. The Bertz CT molecular complexity index is 651. The van der Waals surface area contributed by atoms with Crippen LogP contribution in [0.1, 0.15) is 17.2 Å². The molecule has 23 heavy (non-hydrogen) atoms. The smallest absolute Gasteiger partial charge is 0.244 e. The van der Waals surface area contributed by atoms with Gasteiger partial charge in [-0.05, 0) is 29.3 Å². The van der Waals surface area contributed by atoms with Crippen molar-refractivity contribution >= 4 is 27.9 Å². The number of halogens is 1. The fourth-order valence-electron chi connectivity index (χ4n) is 2.31. The molecule has 0 aliphatic rings. The summed E-state index contributed by atoms with van der Waals surface area (Å²) in [6.45, 7) is 0.835. The van der Waals surface area contributed by atoms with Gasteiger partial charge in [-0.15, -0.1) is 0 Å². The summed E-state index contributed by atoms with van der Waals surface area (Å²) in [7, 11) is 4.17. The van der Waals surface area contributed by atoms with Gasteiger partial charge in [0.25, 0.3) is 0 Å². The molecule has 0 radical (unpaired) electrons. The van der Waals surface area contributed by atoms with Crippen molar-refractivity contribution in [1.29, 1.82) is 0 Å². The standard InChI is InChI=1S/C19H21BrN2O/c1-22(2)14-18(16-6-4-3-5-7-16)21-19(23)13-10-15-8-11-17(20)12-9-15/h3-13,18H,14H2,1-2H3,(H,21,23)/p+1/b13-10+/t18-/m0/s1. The third-order valence-electron chi connectivity index (χ3n) is 3.43. The van der Waals surface area contributed by atoms with Gasteiger partial charge in [0.15, 0.2) is 0 Å². The first kappa shape index (κ1) is 17.4. The summed E-state index contributed by atoms with van der Waals surface area (Å²) in [5.74, 6) is -0.0805. The Morgan fingerprint density at radius 1 is 1.13 bits per heavy atom. The van der Waals surface area contributed by atoms with E-state index in [1.807, 2.05) is 60.7 Å². The summed E-state index contributed by atoms with van der Waals surface area (Å²) >= 11 is 3.40. The fourth-order valence-corrected chi connectivity index (χ4v) is 2.58. The lowest BCUT2D eigenvalue weighted by atomic mass is 10.1. The van der Waals surface area contributed by atoms with E-state index in [-0.39, 0.29) is 11.9 Å². The van der Waals surface area contributed by atoms with Crippen LogP contribution < -0.4 is 10.2 Å². The van der Waals surface area contributed by atoms with E-state index in [9.17, 15) is 4.79 Å². The van der Waals surface area contributed by atoms with Gasteiger partial charge in [0.2, 0.25) is 5.91 Å². The fraction of sp³-hybridized carbons (Fsp3) is 0.211. The molecular formula is C19H22BrN2O+. The first-order valence-electron chi connectivity index (χ1n) is 7.62. The quantitative estimate of drug-likeness (QED) is 0.749. The lowest BCUT2D eigenvalue weighted by Crippen LogP contribution is -3.06. The zero-order valence-electron chi connectivity index (χ0n) is 13.4. The lowest BCUT2D eigenvalue weighted by molar-refractivity contribution is -0.860. The van der Waals surface area contributed by atoms with Gasteiger partial charge in [-0.1, -0.05) is 58.4 Å². The van der Waals surface area contributed by atoms with E-state index in [0.29, 0.717) is 0 Å². The van der Waals surface area contributed by atoms with Gasteiger partial charge >= 0.3 is 0 Å². The number of hydrogen-bond acceptors (Lipinski definition) is 1. The number of carbonyl (C=O) groups is 1. The molecule has 0 saturated heterocycles. The molecule has 0 fully saturated rings. The molecule has 3 nitrogen and oxygen atoms in total. The van der Waals surface area contributed by atoms with E-state index in [4.69, 9.17) is 0 Å². The van der Waals surface area contributed by atoms with Crippen LogP contribution >= 0.6 is 15.9 Å². The van der Waals surface area contributed by atoms with Gasteiger partial charge < -0.3 is 10.2 Å². The summed E-state index contributed by atoms with van der Waals surface area (Å²) in [4.78, 5) is 13.5. The summed E-state index contributed by atoms with van der Waals surface area (Å²) in [6.07, 6.45) is 3.41. The Labute approximate surface area is 146 Å². The summed E-state index contributed by atoms with van der Waals surface area (Å²) in [6, 6.07) is 17.9. The third-order valence-corrected chi connectivity index (χ3v) is 3.96. The Morgan fingerprint density at radius 2 is 1.78 bits per heavy atom. The number of amides is 1. The van der Waals surface area contributed by atoms with Gasteiger partial charge in [-0.2, -0.15) is 0 Å². The molecule has 1 atom stereocenters. The highest BCUT2D eigenvalue weighted by Crippen LogP contribution is 2.12. The molecular weight excluding hydrogens is 352 g/mol. The molecule has 0 unspecified atom stereocenters. The minimum atomic E-state index is -0.0805. The molecule has 0 heterocycles. The predicted molar refractivity (Wildman–Crippen MR) is 98.2 cm³/mol. The number of hydrogen-bond donors (Lipinski definition) is 2. The molecule has 0 aromatic heterocycles. The molecule has 1 amide bonds. The van der Waals surface area contributed by atoms with Crippen molar-refractivity contribution < 1.29 is 9.69 Å². The number of benzene rings is 2. The van der Waals surface area contributed by atoms with Crippen LogP contribution in [0.5, 0.6) is 0 Å². The number of carbonyl (C=O) groups excluding carboxylic acids is 1. The maximum Gasteiger partial charge on any atom is 0.244 e. The molecule has 0 bridgehead atoms. The van der Waals surface area contributed by atoms with Crippen LogP contribution in [-0.4, -0.2) is 26.5 Å². The zero-order valence-corrected chi connectivity index (χ0v) is 15.0. The average Bonchev–Trinajstić information content (AvgIpc) is 2.54. The van der Waals surface area contributed by atoms with E-state index in [1.165, 1.54) is 4.90 Å². The summed E-state index contributed by atoms with van der Waals surface area (Å²) in [5, 5.41) is 3.09. The molecule has 4 heteroatoms. The Hall–Kier alpha value is -1.91. The van der Waals surface area contributed by atoms with E-state index in [0.717, 1.165) is 22.1 Å². The van der Waals surface area contributed by atoms with E-state index >= 15 is 0 Å². The number of likely N-dealkylation sites (N-methyl/N-ethyl adjacent to an activating group) is 1. The van der Waals surface area contributed by atoms with E-state index in [2.05, 4.69) is 35.3 Å². The highest BCUT2D eigenvalue weighted by molar-refractivity contribution is 9.10. The summed E-state index contributed by atoms with van der Waals surface area (Å²) in [5.41, 5.74) is 2.12. The van der Waals surface area contributed by atoms with Crippen molar-refractivity contribution in [3.63, 3.8) is 0 Å². The first-order valence-corrected chi connectivity index (χ1v) is 8.42. The maximum atomic E-state index is 12.2. The average molecular weight is 374 g/mol. The van der Waals surface area contributed by atoms with Gasteiger partial charge in [0.05, 0.1) is 14.1 Å². The zero-order chi connectivity index (χ0) is 16.7. The molecule has 0 spiro atoms. The Morgan fingerprint density at radius 3 is 2.39 bits per heavy atom. The molecule has 2 aromatic rings. The Balaban J connectivity index is 2.04. The SMILES string of the molecule is C[NH+](C)C[C@H](NC(=O)/C=C/c1ccc(Br)cc1)c1ccccc1. The summed E-state index contributed by atoms with van der Waals surface area (Å²) < 4.78 is 1.03. The van der Waals surface area contributed by atoms with Crippen molar-refractivity contribution in [3.05, 3.63) is 76.3 Å². The highest BCUT2D eigenvalue weighted by atomic mass is 79.9. The lowest BCUT2D eigenvalue weighted by Gasteiger charge is -2.20.